The Morgan fingerprint density at radius 1 is 1.14 bits per heavy atom. The maximum atomic E-state index is 13.3. The Bertz CT molecular complexity index is 384. The molecule has 0 spiro atoms. The molecule has 21 heavy (non-hydrogen) atoms. The molecular formula is C15H25Cl2FN2O. The smallest absolute Gasteiger partial charge is 0.119 e. The van der Waals surface area contributed by atoms with Gasteiger partial charge in [-0.2, -0.15) is 0 Å². The fourth-order valence-electron chi connectivity index (χ4n) is 2.43. The number of benzene rings is 1. The second kappa shape index (κ2) is 10.2. The zero-order valence-electron chi connectivity index (χ0n) is 12.5. The molecule has 1 aromatic carbocycles. The number of halogens is 3. The number of ether oxygens (including phenoxy) is 1. The van der Waals surface area contributed by atoms with E-state index < -0.39 is 0 Å². The van der Waals surface area contributed by atoms with E-state index in [1.807, 2.05) is 38.1 Å². The highest BCUT2D eigenvalue weighted by molar-refractivity contribution is 5.85. The first-order valence-corrected chi connectivity index (χ1v) is 6.98. The molecule has 1 aliphatic rings. The van der Waals surface area contributed by atoms with Crippen LogP contribution in [-0.2, 0) is 0 Å². The molecule has 0 saturated carbocycles. The molecule has 0 aliphatic carbocycles. The molecule has 1 N–H and O–H groups in total. The number of hydrogen-bond acceptors (Lipinski definition) is 3. The number of piperazine rings is 1. The number of nitrogens with zero attached hydrogens (tertiary/aromatic N) is 1. The maximum Gasteiger partial charge on any atom is 0.119 e. The second-order valence-corrected chi connectivity index (χ2v) is 5.19. The van der Waals surface area contributed by atoms with E-state index in [1.54, 1.807) is 0 Å². The summed E-state index contributed by atoms with van der Waals surface area (Å²) in [6.07, 6.45) is 0.163. The molecule has 122 valence electrons. The van der Waals surface area contributed by atoms with Crippen molar-refractivity contribution in [3.05, 3.63) is 29.8 Å². The summed E-state index contributed by atoms with van der Waals surface area (Å²) in [6, 6.07) is 7.68. The lowest BCUT2D eigenvalue weighted by atomic mass is 10.1. The topological polar surface area (TPSA) is 24.5 Å². The number of rotatable bonds is 5. The Labute approximate surface area is 139 Å². The minimum atomic E-state index is -0.343. The van der Waals surface area contributed by atoms with Crippen LogP contribution in [0.25, 0.3) is 0 Å². The van der Waals surface area contributed by atoms with E-state index >= 15 is 0 Å². The van der Waals surface area contributed by atoms with Crippen LogP contribution in [-0.4, -0.2) is 43.9 Å². The molecule has 1 saturated heterocycles. The third-order valence-electron chi connectivity index (χ3n) is 3.38. The van der Waals surface area contributed by atoms with Crippen molar-refractivity contribution in [3.63, 3.8) is 0 Å². The molecule has 1 heterocycles. The fourth-order valence-corrected chi connectivity index (χ4v) is 2.43. The van der Waals surface area contributed by atoms with E-state index in [1.165, 1.54) is 0 Å². The highest BCUT2D eigenvalue weighted by atomic mass is 35.5. The molecule has 0 aromatic heterocycles. The van der Waals surface area contributed by atoms with Crippen LogP contribution in [0.5, 0.6) is 5.75 Å². The van der Waals surface area contributed by atoms with Gasteiger partial charge in [0.2, 0.25) is 0 Å². The van der Waals surface area contributed by atoms with Gasteiger partial charge in [-0.25, -0.2) is 4.39 Å². The van der Waals surface area contributed by atoms with E-state index in [-0.39, 0.29) is 43.6 Å². The van der Waals surface area contributed by atoms with Crippen molar-refractivity contribution in [1.29, 1.82) is 0 Å². The molecule has 1 fully saturated rings. The summed E-state index contributed by atoms with van der Waals surface area (Å²) in [5.74, 6) is 0.844. The van der Waals surface area contributed by atoms with Gasteiger partial charge >= 0.3 is 0 Å². The van der Waals surface area contributed by atoms with E-state index in [0.29, 0.717) is 0 Å². The summed E-state index contributed by atoms with van der Waals surface area (Å²) in [4.78, 5) is 2.20. The van der Waals surface area contributed by atoms with Crippen molar-refractivity contribution < 1.29 is 9.13 Å². The maximum absolute atomic E-state index is 13.3. The summed E-state index contributed by atoms with van der Waals surface area (Å²) in [5, 5.41) is 3.29. The van der Waals surface area contributed by atoms with Crippen LogP contribution in [0, 0.1) is 0 Å². The number of hydrogen-bond donors (Lipinski definition) is 1. The van der Waals surface area contributed by atoms with Crippen LogP contribution < -0.4 is 10.1 Å². The minimum absolute atomic E-state index is 0. The van der Waals surface area contributed by atoms with Crippen molar-refractivity contribution in [1.82, 2.24) is 10.2 Å². The van der Waals surface area contributed by atoms with Gasteiger partial charge in [0.05, 0.1) is 12.1 Å². The van der Waals surface area contributed by atoms with Crippen molar-refractivity contribution in [3.8, 4) is 5.75 Å². The zero-order chi connectivity index (χ0) is 13.7. The third kappa shape index (κ3) is 5.99. The van der Waals surface area contributed by atoms with Crippen molar-refractivity contribution >= 4 is 24.8 Å². The lowest BCUT2D eigenvalue weighted by molar-refractivity contribution is 0.147. The van der Waals surface area contributed by atoms with Gasteiger partial charge in [0, 0.05) is 26.2 Å². The van der Waals surface area contributed by atoms with Crippen LogP contribution in [0.15, 0.2) is 24.3 Å². The monoisotopic (exact) mass is 338 g/mol. The van der Waals surface area contributed by atoms with Crippen molar-refractivity contribution in [2.75, 3.05) is 32.9 Å². The SMILES string of the molecule is CC(C)Oc1ccc([C@H](CF)N2CCNCC2)cc1.Cl.Cl. The summed E-state index contributed by atoms with van der Waals surface area (Å²) in [6.45, 7) is 7.33. The van der Waals surface area contributed by atoms with Gasteiger partial charge in [-0.15, -0.1) is 24.8 Å². The Hall–Kier alpha value is -0.550. The average Bonchev–Trinajstić information content (AvgIpc) is 2.42. The summed E-state index contributed by atoms with van der Waals surface area (Å²) in [5.41, 5.74) is 1.03. The normalized spacial score (nSPS) is 16.8. The summed E-state index contributed by atoms with van der Waals surface area (Å²) in [7, 11) is 0. The number of nitrogens with one attached hydrogen (secondary N) is 1. The quantitative estimate of drug-likeness (QED) is 0.891. The Kier molecular flexibility index (Phi) is 9.95. The van der Waals surface area contributed by atoms with Crippen LogP contribution >= 0.6 is 24.8 Å². The predicted octanol–water partition coefficient (Wildman–Crippen LogP) is 3.23. The van der Waals surface area contributed by atoms with Crippen molar-refractivity contribution in [2.45, 2.75) is 26.0 Å². The van der Waals surface area contributed by atoms with Gasteiger partial charge < -0.3 is 10.1 Å². The third-order valence-corrected chi connectivity index (χ3v) is 3.38. The highest BCUT2D eigenvalue weighted by Crippen LogP contribution is 2.24. The van der Waals surface area contributed by atoms with Crippen LogP contribution in [0.2, 0.25) is 0 Å². The Morgan fingerprint density at radius 2 is 1.71 bits per heavy atom. The molecule has 1 atom stereocenters. The fraction of sp³-hybridized carbons (Fsp3) is 0.600. The van der Waals surface area contributed by atoms with Gasteiger partial charge in [0.15, 0.2) is 0 Å². The van der Waals surface area contributed by atoms with Gasteiger partial charge in [-0.05, 0) is 31.5 Å². The Balaban J connectivity index is 0.00000200. The van der Waals surface area contributed by atoms with E-state index in [4.69, 9.17) is 4.74 Å². The summed E-state index contributed by atoms with van der Waals surface area (Å²) < 4.78 is 19.0. The molecule has 1 aliphatic heterocycles. The molecule has 2 rings (SSSR count). The van der Waals surface area contributed by atoms with Crippen molar-refractivity contribution in [2.24, 2.45) is 0 Å². The first-order chi connectivity index (χ1) is 9.20. The molecule has 1 aromatic rings. The molecule has 6 heteroatoms. The average molecular weight is 339 g/mol. The molecule has 0 unspecified atom stereocenters. The molecule has 0 bridgehead atoms. The van der Waals surface area contributed by atoms with E-state index in [0.717, 1.165) is 37.5 Å². The van der Waals surface area contributed by atoms with Crippen LogP contribution in [0.1, 0.15) is 25.5 Å². The molecule has 3 nitrogen and oxygen atoms in total. The van der Waals surface area contributed by atoms with E-state index in [9.17, 15) is 4.39 Å². The van der Waals surface area contributed by atoms with Crippen LogP contribution in [0.3, 0.4) is 0 Å². The largest absolute Gasteiger partial charge is 0.491 e. The molecular weight excluding hydrogens is 314 g/mol. The number of alkyl halides is 1. The van der Waals surface area contributed by atoms with E-state index in [2.05, 4.69) is 10.2 Å². The standard InChI is InChI=1S/C15H23FN2O.2ClH/c1-12(2)19-14-5-3-13(4-6-14)15(11-16)18-9-7-17-8-10-18;;/h3-6,12,15,17H,7-11H2,1-2H3;2*1H/t15-;;/m0../s1. The first-order valence-electron chi connectivity index (χ1n) is 6.98. The van der Waals surface area contributed by atoms with Crippen LogP contribution in [0.4, 0.5) is 4.39 Å². The predicted molar refractivity (Wildman–Crippen MR) is 89.9 cm³/mol. The Morgan fingerprint density at radius 3 is 2.19 bits per heavy atom. The first kappa shape index (κ1) is 20.5. The van der Waals surface area contributed by atoms with Gasteiger partial charge in [-0.3, -0.25) is 4.90 Å². The lowest BCUT2D eigenvalue weighted by Crippen LogP contribution is -2.45. The lowest BCUT2D eigenvalue weighted by Gasteiger charge is -2.33. The van der Waals surface area contributed by atoms with Gasteiger partial charge in [0.1, 0.15) is 12.4 Å². The molecule has 0 radical (unpaired) electrons. The highest BCUT2D eigenvalue weighted by Gasteiger charge is 2.21. The zero-order valence-corrected chi connectivity index (χ0v) is 14.2. The van der Waals surface area contributed by atoms with Gasteiger partial charge in [0.25, 0.3) is 0 Å². The minimum Gasteiger partial charge on any atom is -0.491 e. The summed E-state index contributed by atoms with van der Waals surface area (Å²) >= 11 is 0. The van der Waals surface area contributed by atoms with Gasteiger partial charge in [-0.1, -0.05) is 12.1 Å². The second-order valence-electron chi connectivity index (χ2n) is 5.19. The molecule has 0 amide bonds.